The van der Waals surface area contributed by atoms with Gasteiger partial charge in [-0.15, -0.1) is 0 Å². The smallest absolute Gasteiger partial charge is 0.404 e. The lowest BCUT2D eigenvalue weighted by atomic mass is 9.87. The number of halogens is 1. The number of carbonyl (C=O) groups excluding carboxylic acids is 1. The first-order valence-corrected chi connectivity index (χ1v) is 5.01. The van der Waals surface area contributed by atoms with Crippen LogP contribution in [0.25, 0.3) is 0 Å². The van der Waals surface area contributed by atoms with Gasteiger partial charge < -0.3 is 15.6 Å². The van der Waals surface area contributed by atoms with Crippen LogP contribution in [0, 0.1) is 5.82 Å². The Morgan fingerprint density at radius 2 is 2.31 bits per heavy atom. The normalized spacial score (nSPS) is 23.6. The molecule has 1 amide bonds. The summed E-state index contributed by atoms with van der Waals surface area (Å²) in [6.07, 6.45) is -1.86. The molecule has 0 saturated carbocycles. The molecule has 1 aromatic carbocycles. The Hall–Kier alpha value is -1.62. The fraction of sp³-hybridized carbons (Fsp3) is 0.364. The topological polar surface area (TPSA) is 72.6 Å². The van der Waals surface area contributed by atoms with Crippen molar-refractivity contribution in [3.05, 3.63) is 35.1 Å². The third kappa shape index (κ3) is 1.86. The van der Waals surface area contributed by atoms with Crippen LogP contribution in [0.1, 0.15) is 23.7 Å². The standard InChI is InChI=1S/C11H12FNO3/c12-7-3-1-2-6-4-5-8(16-11(13)15)10(14)9(6)7/h1-3,8,10,14H,4-5H2,(H2,13,15)/t8-,10-/m0/s1. The molecule has 0 bridgehead atoms. The molecule has 86 valence electrons. The summed E-state index contributed by atoms with van der Waals surface area (Å²) in [5.74, 6) is -0.484. The van der Waals surface area contributed by atoms with Crippen molar-refractivity contribution in [3.8, 4) is 0 Å². The van der Waals surface area contributed by atoms with Crippen LogP contribution in [0.5, 0.6) is 0 Å². The highest BCUT2D eigenvalue weighted by Gasteiger charge is 2.32. The van der Waals surface area contributed by atoms with Crippen LogP contribution in [0.4, 0.5) is 9.18 Å². The van der Waals surface area contributed by atoms with Crippen molar-refractivity contribution >= 4 is 6.09 Å². The lowest BCUT2D eigenvalue weighted by molar-refractivity contribution is -0.00710. The average molecular weight is 225 g/mol. The third-order valence-electron chi connectivity index (χ3n) is 2.76. The van der Waals surface area contributed by atoms with E-state index in [1.165, 1.54) is 6.07 Å². The first-order chi connectivity index (χ1) is 7.59. The summed E-state index contributed by atoms with van der Waals surface area (Å²) in [7, 11) is 0. The maximum absolute atomic E-state index is 13.5. The van der Waals surface area contributed by atoms with Gasteiger partial charge in [0.1, 0.15) is 18.0 Å². The highest BCUT2D eigenvalue weighted by Crippen LogP contribution is 2.33. The van der Waals surface area contributed by atoms with Crippen molar-refractivity contribution in [1.29, 1.82) is 0 Å². The fourth-order valence-electron chi connectivity index (χ4n) is 2.05. The molecule has 2 rings (SSSR count). The molecule has 1 aliphatic carbocycles. The van der Waals surface area contributed by atoms with Crippen LogP contribution >= 0.6 is 0 Å². The molecule has 0 spiro atoms. The molecule has 5 heteroatoms. The number of nitrogens with two attached hydrogens (primary N) is 1. The number of aliphatic hydroxyl groups excluding tert-OH is 1. The van der Waals surface area contributed by atoms with E-state index in [1.54, 1.807) is 12.1 Å². The van der Waals surface area contributed by atoms with Crippen LogP contribution in [0.3, 0.4) is 0 Å². The van der Waals surface area contributed by atoms with Gasteiger partial charge in [-0.2, -0.15) is 0 Å². The van der Waals surface area contributed by atoms with E-state index in [0.29, 0.717) is 12.8 Å². The van der Waals surface area contributed by atoms with E-state index >= 15 is 0 Å². The number of amides is 1. The Morgan fingerprint density at radius 3 is 3.00 bits per heavy atom. The Balaban J connectivity index is 2.30. The van der Waals surface area contributed by atoms with Crippen molar-refractivity contribution in [1.82, 2.24) is 0 Å². The molecule has 0 aliphatic heterocycles. The van der Waals surface area contributed by atoms with E-state index in [0.717, 1.165) is 5.56 Å². The number of primary amides is 1. The second-order valence-corrected chi connectivity index (χ2v) is 3.77. The third-order valence-corrected chi connectivity index (χ3v) is 2.76. The maximum atomic E-state index is 13.5. The van der Waals surface area contributed by atoms with Gasteiger partial charge in [-0.1, -0.05) is 12.1 Å². The van der Waals surface area contributed by atoms with E-state index in [-0.39, 0.29) is 5.56 Å². The molecule has 0 aromatic heterocycles. The van der Waals surface area contributed by atoms with Crippen LogP contribution in [0.15, 0.2) is 18.2 Å². The van der Waals surface area contributed by atoms with Gasteiger partial charge in [0.05, 0.1) is 0 Å². The van der Waals surface area contributed by atoms with Gasteiger partial charge in [-0.25, -0.2) is 9.18 Å². The monoisotopic (exact) mass is 225 g/mol. The van der Waals surface area contributed by atoms with Crippen molar-refractivity contribution in [2.75, 3.05) is 0 Å². The summed E-state index contributed by atoms with van der Waals surface area (Å²) in [6, 6.07) is 4.62. The predicted octanol–water partition coefficient (Wildman–Crippen LogP) is 1.27. The molecule has 1 aromatic rings. The van der Waals surface area contributed by atoms with Crippen LogP contribution in [-0.4, -0.2) is 17.3 Å². The van der Waals surface area contributed by atoms with Gasteiger partial charge in [-0.3, -0.25) is 0 Å². The summed E-state index contributed by atoms with van der Waals surface area (Å²) < 4.78 is 18.2. The van der Waals surface area contributed by atoms with Crippen LogP contribution in [-0.2, 0) is 11.2 Å². The molecule has 16 heavy (non-hydrogen) atoms. The van der Waals surface area contributed by atoms with Gasteiger partial charge in [0.25, 0.3) is 0 Å². The number of hydrogen-bond acceptors (Lipinski definition) is 3. The second kappa shape index (κ2) is 4.09. The number of fused-ring (bicyclic) bond motifs is 1. The van der Waals surface area contributed by atoms with E-state index in [9.17, 15) is 14.3 Å². The molecular formula is C11H12FNO3. The summed E-state index contributed by atoms with van der Waals surface area (Å²) in [4.78, 5) is 10.6. The number of ether oxygens (including phenoxy) is 1. The van der Waals surface area contributed by atoms with Gasteiger partial charge in [0, 0.05) is 5.56 Å². The summed E-state index contributed by atoms with van der Waals surface area (Å²) in [5, 5.41) is 9.88. The van der Waals surface area contributed by atoms with Crippen molar-refractivity contribution in [3.63, 3.8) is 0 Å². The Kier molecular flexibility index (Phi) is 2.78. The fourth-order valence-corrected chi connectivity index (χ4v) is 2.05. The largest absolute Gasteiger partial charge is 0.443 e. The first-order valence-electron chi connectivity index (χ1n) is 5.01. The molecule has 1 aliphatic rings. The minimum absolute atomic E-state index is 0.208. The Morgan fingerprint density at radius 1 is 1.56 bits per heavy atom. The molecule has 0 radical (unpaired) electrons. The van der Waals surface area contributed by atoms with E-state index in [2.05, 4.69) is 0 Å². The quantitative estimate of drug-likeness (QED) is 0.755. The van der Waals surface area contributed by atoms with Gasteiger partial charge in [-0.05, 0) is 24.5 Å². The molecular weight excluding hydrogens is 213 g/mol. The maximum Gasteiger partial charge on any atom is 0.404 e. The predicted molar refractivity (Wildman–Crippen MR) is 54.1 cm³/mol. The molecule has 2 atom stereocenters. The zero-order valence-electron chi connectivity index (χ0n) is 8.52. The zero-order chi connectivity index (χ0) is 11.7. The zero-order valence-corrected chi connectivity index (χ0v) is 8.52. The van der Waals surface area contributed by atoms with Crippen LogP contribution in [0.2, 0.25) is 0 Å². The van der Waals surface area contributed by atoms with E-state index < -0.39 is 24.1 Å². The van der Waals surface area contributed by atoms with Crippen molar-refractivity contribution in [2.45, 2.75) is 25.0 Å². The number of carbonyl (C=O) groups is 1. The molecule has 0 saturated heterocycles. The number of aryl methyl sites for hydroxylation is 1. The lowest BCUT2D eigenvalue weighted by Crippen LogP contribution is -2.32. The minimum Gasteiger partial charge on any atom is -0.443 e. The number of hydrogen-bond donors (Lipinski definition) is 2. The van der Waals surface area contributed by atoms with Crippen LogP contribution < -0.4 is 5.73 Å². The van der Waals surface area contributed by atoms with E-state index in [1.807, 2.05) is 0 Å². The van der Waals surface area contributed by atoms with Gasteiger partial charge in [0.2, 0.25) is 0 Å². The molecule has 0 fully saturated rings. The highest BCUT2D eigenvalue weighted by molar-refractivity contribution is 5.65. The molecule has 0 unspecified atom stereocenters. The Labute approximate surface area is 91.8 Å². The Bertz CT molecular complexity index is 422. The molecule has 3 N–H and O–H groups in total. The molecule has 0 heterocycles. The first kappa shape index (κ1) is 10.9. The number of aliphatic hydroxyl groups is 1. The minimum atomic E-state index is -1.14. The highest BCUT2D eigenvalue weighted by atomic mass is 19.1. The molecule has 4 nitrogen and oxygen atoms in total. The lowest BCUT2D eigenvalue weighted by Gasteiger charge is -2.29. The van der Waals surface area contributed by atoms with Gasteiger partial charge >= 0.3 is 6.09 Å². The summed E-state index contributed by atoms with van der Waals surface area (Å²) in [6.45, 7) is 0. The van der Waals surface area contributed by atoms with E-state index in [4.69, 9.17) is 10.5 Å². The summed E-state index contributed by atoms with van der Waals surface area (Å²) >= 11 is 0. The number of rotatable bonds is 1. The second-order valence-electron chi connectivity index (χ2n) is 3.77. The van der Waals surface area contributed by atoms with Crippen molar-refractivity contribution in [2.24, 2.45) is 5.73 Å². The van der Waals surface area contributed by atoms with Crippen molar-refractivity contribution < 1.29 is 19.0 Å². The SMILES string of the molecule is NC(=O)O[C@H]1CCc2cccc(F)c2[C@H]1O. The van der Waals surface area contributed by atoms with Gasteiger partial charge in [0.15, 0.2) is 0 Å². The average Bonchev–Trinajstić information content (AvgIpc) is 2.22. The summed E-state index contributed by atoms with van der Waals surface area (Å²) in [5.41, 5.74) is 5.83. The number of benzene rings is 1.